The minimum atomic E-state index is -0.547. The van der Waals surface area contributed by atoms with Crippen molar-refractivity contribution in [3.05, 3.63) is 22.7 Å². The lowest BCUT2D eigenvalue weighted by Crippen LogP contribution is -2.44. The molecule has 0 spiro atoms. The molecule has 7 heteroatoms. The third-order valence-corrected chi connectivity index (χ3v) is 4.45. The fraction of sp³-hybridized carbons (Fsp3) is 0.556. The van der Waals surface area contributed by atoms with Crippen LogP contribution in [0.3, 0.4) is 0 Å². The maximum atomic E-state index is 13.0. The number of rotatable bonds is 9. The fourth-order valence-corrected chi connectivity index (χ4v) is 3.15. The van der Waals surface area contributed by atoms with Crippen molar-refractivity contribution in [1.82, 2.24) is 4.90 Å². The molecule has 0 fully saturated rings. The molecule has 1 rings (SSSR count). The molecular formula is C18H27ClN2O4. The second-order valence-electron chi connectivity index (χ2n) is 5.97. The molecule has 25 heavy (non-hydrogen) atoms. The number of amides is 1. The van der Waals surface area contributed by atoms with Crippen molar-refractivity contribution < 1.29 is 20.2 Å². The molecule has 0 aromatic heterocycles. The van der Waals surface area contributed by atoms with Crippen molar-refractivity contribution in [1.29, 1.82) is 0 Å². The molecule has 0 radical (unpaired) electrons. The Hall–Kier alpha value is -1.95. The molecule has 1 amide bonds. The predicted molar refractivity (Wildman–Crippen MR) is 98.7 cm³/mol. The van der Waals surface area contributed by atoms with E-state index >= 15 is 0 Å². The van der Waals surface area contributed by atoms with Crippen LogP contribution in [0.4, 0.5) is 0 Å². The minimum Gasteiger partial charge on any atom is -0.504 e. The molecule has 0 bridgehead atoms. The number of aromatic hydroxyl groups is 2. The highest BCUT2D eigenvalue weighted by Gasteiger charge is 2.29. The Morgan fingerprint density at radius 1 is 1.16 bits per heavy atom. The third-order valence-electron chi connectivity index (χ3n) is 4.06. The molecule has 1 aromatic rings. The summed E-state index contributed by atoms with van der Waals surface area (Å²) >= 11 is 6.03. The molecule has 140 valence electrons. The predicted octanol–water partition coefficient (Wildman–Crippen LogP) is 4.14. The van der Waals surface area contributed by atoms with Crippen LogP contribution in [0.1, 0.15) is 58.4 Å². The Morgan fingerprint density at radius 2 is 1.76 bits per heavy atom. The highest BCUT2D eigenvalue weighted by molar-refractivity contribution is 6.49. The number of carbonyl (C=O) groups excluding carboxylic acids is 1. The van der Waals surface area contributed by atoms with E-state index in [0.717, 1.165) is 32.1 Å². The molecular weight excluding hydrogens is 344 g/mol. The maximum Gasteiger partial charge on any atom is 0.276 e. The average Bonchev–Trinajstić information content (AvgIpc) is 2.60. The van der Waals surface area contributed by atoms with Gasteiger partial charge in [0.1, 0.15) is 0 Å². The molecule has 0 saturated carbocycles. The molecule has 0 aliphatic carbocycles. The van der Waals surface area contributed by atoms with E-state index in [1.54, 1.807) is 4.90 Å². The van der Waals surface area contributed by atoms with Crippen molar-refractivity contribution in [2.24, 2.45) is 5.16 Å². The Kier molecular flexibility index (Phi) is 8.55. The smallest absolute Gasteiger partial charge is 0.276 e. The number of nitrogens with zero attached hydrogens (tertiary/aromatic N) is 2. The standard InChI is InChI=1S/C18H27ClN2O4/c1-4-7-12(8-5-2)21(11-6-3)18(24)16(20-25)13-9-10-14(22)17(23)15(13)19/h9-10,12,22-23,25H,4-8,11H2,1-3H3/b20-16-. The van der Waals surface area contributed by atoms with E-state index in [4.69, 9.17) is 11.6 Å². The van der Waals surface area contributed by atoms with E-state index in [1.165, 1.54) is 12.1 Å². The van der Waals surface area contributed by atoms with Gasteiger partial charge in [-0.05, 0) is 31.4 Å². The van der Waals surface area contributed by atoms with E-state index in [9.17, 15) is 20.2 Å². The van der Waals surface area contributed by atoms with Gasteiger partial charge in [-0.15, -0.1) is 0 Å². The molecule has 0 aliphatic rings. The summed E-state index contributed by atoms with van der Waals surface area (Å²) in [6.07, 6.45) is 4.34. The van der Waals surface area contributed by atoms with Gasteiger partial charge in [0, 0.05) is 18.2 Å². The zero-order chi connectivity index (χ0) is 19.0. The summed E-state index contributed by atoms with van der Waals surface area (Å²) in [4.78, 5) is 14.7. The molecule has 0 heterocycles. The number of phenols is 2. The molecule has 1 aromatic carbocycles. The van der Waals surface area contributed by atoms with Gasteiger partial charge in [0.05, 0.1) is 5.02 Å². The number of oxime groups is 1. The van der Waals surface area contributed by atoms with Gasteiger partial charge in [0.2, 0.25) is 0 Å². The van der Waals surface area contributed by atoms with E-state index in [0.29, 0.717) is 6.54 Å². The fourth-order valence-electron chi connectivity index (χ4n) is 2.90. The molecule has 6 nitrogen and oxygen atoms in total. The molecule has 0 atom stereocenters. The van der Waals surface area contributed by atoms with Crippen molar-refractivity contribution in [2.45, 2.75) is 58.9 Å². The Balaban J connectivity index is 3.27. The number of carbonyl (C=O) groups is 1. The van der Waals surface area contributed by atoms with Crippen LogP contribution in [0.5, 0.6) is 11.5 Å². The zero-order valence-corrected chi connectivity index (χ0v) is 15.8. The average molecular weight is 371 g/mol. The monoisotopic (exact) mass is 370 g/mol. The Morgan fingerprint density at radius 3 is 2.24 bits per heavy atom. The van der Waals surface area contributed by atoms with E-state index < -0.39 is 17.4 Å². The number of benzene rings is 1. The normalized spacial score (nSPS) is 11.8. The summed E-state index contributed by atoms with van der Waals surface area (Å²) in [5.41, 5.74) is -0.164. The largest absolute Gasteiger partial charge is 0.504 e. The highest BCUT2D eigenvalue weighted by Crippen LogP contribution is 2.36. The summed E-state index contributed by atoms with van der Waals surface area (Å²) in [6.45, 7) is 6.63. The first kappa shape index (κ1) is 21.1. The van der Waals surface area contributed by atoms with Crippen LogP contribution in [0, 0.1) is 0 Å². The second kappa shape index (κ2) is 10.1. The van der Waals surface area contributed by atoms with Gasteiger partial charge < -0.3 is 20.3 Å². The Bertz CT molecular complexity index is 613. The van der Waals surface area contributed by atoms with Gasteiger partial charge >= 0.3 is 0 Å². The van der Waals surface area contributed by atoms with Crippen molar-refractivity contribution in [3.63, 3.8) is 0 Å². The summed E-state index contributed by atoms with van der Waals surface area (Å²) in [6, 6.07) is 2.60. The van der Waals surface area contributed by atoms with Crippen LogP contribution < -0.4 is 0 Å². The minimum absolute atomic E-state index is 0.0451. The van der Waals surface area contributed by atoms with Crippen LogP contribution in [-0.4, -0.2) is 44.5 Å². The number of halogens is 1. The van der Waals surface area contributed by atoms with Crippen molar-refractivity contribution >= 4 is 23.2 Å². The second-order valence-corrected chi connectivity index (χ2v) is 6.35. The first-order valence-electron chi connectivity index (χ1n) is 8.66. The number of hydrogen-bond acceptors (Lipinski definition) is 5. The molecule has 0 saturated heterocycles. The van der Waals surface area contributed by atoms with E-state index in [2.05, 4.69) is 19.0 Å². The maximum absolute atomic E-state index is 13.0. The molecule has 0 unspecified atom stereocenters. The summed E-state index contributed by atoms with van der Waals surface area (Å²) in [7, 11) is 0. The quantitative estimate of drug-likeness (QED) is 0.263. The van der Waals surface area contributed by atoms with Crippen LogP contribution in [-0.2, 0) is 4.79 Å². The third kappa shape index (κ3) is 5.01. The van der Waals surface area contributed by atoms with Crippen LogP contribution in [0.15, 0.2) is 17.3 Å². The Labute approximate surface area is 153 Å². The van der Waals surface area contributed by atoms with Gasteiger partial charge in [0.25, 0.3) is 5.91 Å². The number of hydrogen-bond donors (Lipinski definition) is 3. The van der Waals surface area contributed by atoms with Crippen molar-refractivity contribution in [2.75, 3.05) is 6.54 Å². The SMILES string of the molecule is CCCC(CCC)N(CCC)C(=O)/C(=N\O)c1ccc(O)c(O)c1Cl. The van der Waals surface area contributed by atoms with Crippen LogP contribution >= 0.6 is 11.6 Å². The van der Waals surface area contributed by atoms with Crippen molar-refractivity contribution in [3.8, 4) is 11.5 Å². The first-order chi connectivity index (χ1) is 11.9. The van der Waals surface area contributed by atoms with E-state index in [1.807, 2.05) is 6.92 Å². The summed E-state index contributed by atoms with van der Waals surface area (Å²) in [5, 5.41) is 31.6. The zero-order valence-electron chi connectivity index (χ0n) is 15.0. The van der Waals surface area contributed by atoms with Crippen LogP contribution in [0.25, 0.3) is 0 Å². The highest BCUT2D eigenvalue weighted by atomic mass is 35.5. The van der Waals surface area contributed by atoms with Gasteiger partial charge in [-0.25, -0.2) is 0 Å². The molecule has 3 N–H and O–H groups in total. The number of phenolic OH excluding ortho intramolecular Hbond substituents is 2. The van der Waals surface area contributed by atoms with Gasteiger partial charge in [0.15, 0.2) is 17.2 Å². The van der Waals surface area contributed by atoms with Gasteiger partial charge in [-0.3, -0.25) is 4.79 Å². The first-order valence-corrected chi connectivity index (χ1v) is 9.04. The topological polar surface area (TPSA) is 93.4 Å². The summed E-state index contributed by atoms with van der Waals surface area (Å²) < 4.78 is 0. The molecule has 0 aliphatic heterocycles. The lowest BCUT2D eigenvalue weighted by atomic mass is 10.0. The van der Waals surface area contributed by atoms with Gasteiger partial charge in [-0.1, -0.05) is 50.4 Å². The lowest BCUT2D eigenvalue weighted by Gasteiger charge is -2.32. The van der Waals surface area contributed by atoms with E-state index in [-0.39, 0.29) is 22.3 Å². The van der Waals surface area contributed by atoms with Gasteiger partial charge in [-0.2, -0.15) is 0 Å². The summed E-state index contributed by atoms with van der Waals surface area (Å²) in [5.74, 6) is -1.39. The lowest BCUT2D eigenvalue weighted by molar-refractivity contribution is -0.126. The van der Waals surface area contributed by atoms with Crippen LogP contribution in [0.2, 0.25) is 5.02 Å².